The first kappa shape index (κ1) is 22.1. The number of aryl methyl sites for hydroxylation is 1. The Balaban J connectivity index is 1.55. The number of nitrogens with one attached hydrogen (secondary N) is 1. The van der Waals surface area contributed by atoms with Gasteiger partial charge in [0.15, 0.2) is 0 Å². The fourth-order valence-electron chi connectivity index (χ4n) is 4.46. The van der Waals surface area contributed by atoms with Crippen molar-refractivity contribution in [2.45, 2.75) is 51.4 Å². The van der Waals surface area contributed by atoms with E-state index in [2.05, 4.69) is 10.3 Å². The van der Waals surface area contributed by atoms with Crippen molar-refractivity contribution < 1.29 is 18.7 Å². The lowest BCUT2D eigenvalue weighted by Crippen LogP contribution is -2.49. The van der Waals surface area contributed by atoms with Gasteiger partial charge in [0.05, 0.1) is 16.8 Å². The van der Waals surface area contributed by atoms with Crippen molar-refractivity contribution in [1.82, 2.24) is 15.2 Å². The van der Waals surface area contributed by atoms with Crippen LogP contribution in [-0.4, -0.2) is 40.6 Å². The van der Waals surface area contributed by atoms with E-state index in [0.717, 1.165) is 38.2 Å². The number of urea groups is 1. The van der Waals surface area contributed by atoms with Gasteiger partial charge >= 0.3 is 6.03 Å². The number of amides is 3. The molecule has 3 aromatic rings. The number of ether oxygens (including phenoxy) is 1. The topological polar surface area (TPSA) is 71.5 Å². The largest absolute Gasteiger partial charge is 0.486 e. The summed E-state index contributed by atoms with van der Waals surface area (Å²) < 4.78 is 21.4. The molecule has 1 saturated heterocycles. The number of pyridine rings is 1. The van der Waals surface area contributed by atoms with Crippen LogP contribution in [0.1, 0.15) is 36.1 Å². The first-order chi connectivity index (χ1) is 15.9. The molecule has 0 bridgehead atoms. The number of nitrogens with zero attached hydrogens (tertiary/aromatic N) is 2. The zero-order valence-electron chi connectivity index (χ0n) is 18.1. The molecule has 1 aliphatic heterocycles. The summed E-state index contributed by atoms with van der Waals surface area (Å²) in [7, 11) is 0. The number of aromatic nitrogens is 1. The lowest BCUT2D eigenvalue weighted by atomic mass is 10.0. The van der Waals surface area contributed by atoms with Crippen molar-refractivity contribution in [3.63, 3.8) is 0 Å². The number of carbonyl (C=O) groups excluding carboxylic acids is 2. The van der Waals surface area contributed by atoms with Gasteiger partial charge in [0.25, 0.3) is 0 Å². The van der Waals surface area contributed by atoms with E-state index in [1.807, 2.05) is 31.2 Å². The molecule has 6 nitrogen and oxygen atoms in total. The van der Waals surface area contributed by atoms with Gasteiger partial charge in [0.1, 0.15) is 18.0 Å². The van der Waals surface area contributed by atoms with Crippen molar-refractivity contribution in [3.8, 4) is 16.9 Å². The monoisotopic (exact) mass is 487 g/mol. The zero-order chi connectivity index (χ0) is 23.1. The van der Waals surface area contributed by atoms with Crippen LogP contribution < -0.4 is 10.1 Å². The van der Waals surface area contributed by atoms with Crippen LogP contribution in [0.15, 0.2) is 30.5 Å². The molecular weight excluding hydrogens is 465 g/mol. The van der Waals surface area contributed by atoms with Gasteiger partial charge in [0, 0.05) is 40.2 Å². The number of halogens is 2. The number of hydrogen-bond acceptors (Lipinski definition) is 5. The average Bonchev–Trinajstić information content (AvgIpc) is 3.38. The maximum atomic E-state index is 14.3. The Morgan fingerprint density at radius 3 is 2.88 bits per heavy atom. The molecule has 1 aliphatic carbocycles. The Labute approximate surface area is 199 Å². The third-order valence-electron chi connectivity index (χ3n) is 6.11. The molecule has 3 amide bonds. The smallest absolute Gasteiger partial charge is 0.324 e. The maximum absolute atomic E-state index is 14.3. The van der Waals surface area contributed by atoms with Crippen LogP contribution in [0.2, 0.25) is 5.02 Å². The molecule has 2 atom stereocenters. The van der Waals surface area contributed by atoms with E-state index in [1.54, 1.807) is 6.20 Å². The number of alkyl halides is 1. The standard InChI is InChI=1S/C24H23ClFN3O3S/c1-13-9-14(25)10-17(22(13)32-20-4-2-3-18(20)26)16-5-7-27-19-11-15(33-23(16)19)12-29-21(30)6-8-28-24(29)31/h5,7,9-11,18,20H,2-4,6,8,12H2,1H3,(H,28,31)/t18-,20+/m0/s1. The molecular formula is C24H23ClFN3O3S. The van der Waals surface area contributed by atoms with Gasteiger partial charge < -0.3 is 10.1 Å². The third-order valence-corrected chi connectivity index (χ3v) is 7.47. The van der Waals surface area contributed by atoms with Gasteiger partial charge in [0.2, 0.25) is 5.91 Å². The van der Waals surface area contributed by atoms with Crippen molar-refractivity contribution in [2.24, 2.45) is 0 Å². The molecule has 2 aliphatic rings. The molecule has 2 fully saturated rings. The van der Waals surface area contributed by atoms with E-state index in [-0.39, 0.29) is 18.5 Å². The lowest BCUT2D eigenvalue weighted by Gasteiger charge is -2.24. The van der Waals surface area contributed by atoms with Crippen LogP contribution in [0.4, 0.5) is 9.18 Å². The molecule has 1 saturated carbocycles. The predicted molar refractivity (Wildman–Crippen MR) is 127 cm³/mol. The molecule has 172 valence electrons. The van der Waals surface area contributed by atoms with Gasteiger partial charge in [-0.05, 0) is 56.0 Å². The summed E-state index contributed by atoms with van der Waals surface area (Å²) in [5, 5.41) is 3.27. The highest BCUT2D eigenvalue weighted by molar-refractivity contribution is 7.19. The molecule has 1 aromatic carbocycles. The van der Waals surface area contributed by atoms with E-state index in [4.69, 9.17) is 16.3 Å². The van der Waals surface area contributed by atoms with Gasteiger partial charge in [-0.1, -0.05) is 11.6 Å². The minimum absolute atomic E-state index is 0.189. The predicted octanol–water partition coefficient (Wildman–Crippen LogP) is 5.64. The third kappa shape index (κ3) is 4.29. The Kier molecular flexibility index (Phi) is 5.97. The number of carbonyl (C=O) groups is 2. The van der Waals surface area contributed by atoms with Crippen LogP contribution in [-0.2, 0) is 11.3 Å². The second kappa shape index (κ2) is 8.91. The van der Waals surface area contributed by atoms with E-state index < -0.39 is 12.3 Å². The van der Waals surface area contributed by atoms with Crippen molar-refractivity contribution in [2.75, 3.05) is 6.54 Å². The highest BCUT2D eigenvalue weighted by Gasteiger charge is 2.31. The fraction of sp³-hybridized carbons (Fsp3) is 0.375. The van der Waals surface area contributed by atoms with Gasteiger partial charge in [-0.15, -0.1) is 11.3 Å². The number of hydrogen-bond donors (Lipinski definition) is 1. The summed E-state index contributed by atoms with van der Waals surface area (Å²) in [5.74, 6) is 0.435. The molecule has 0 spiro atoms. The number of fused-ring (bicyclic) bond motifs is 1. The lowest BCUT2D eigenvalue weighted by molar-refractivity contribution is -0.129. The summed E-state index contributed by atoms with van der Waals surface area (Å²) in [4.78, 5) is 30.9. The van der Waals surface area contributed by atoms with E-state index in [9.17, 15) is 14.0 Å². The van der Waals surface area contributed by atoms with Crippen LogP contribution >= 0.6 is 22.9 Å². The Morgan fingerprint density at radius 2 is 2.12 bits per heavy atom. The number of benzene rings is 1. The Morgan fingerprint density at radius 1 is 1.27 bits per heavy atom. The van der Waals surface area contributed by atoms with E-state index in [0.29, 0.717) is 36.6 Å². The van der Waals surface area contributed by atoms with Crippen LogP contribution in [0.5, 0.6) is 5.75 Å². The number of thiophene rings is 1. The van der Waals surface area contributed by atoms with Crippen LogP contribution in [0, 0.1) is 6.92 Å². The highest BCUT2D eigenvalue weighted by atomic mass is 35.5. The SMILES string of the molecule is Cc1cc(Cl)cc(-c2ccnc3cc(CN4C(=O)CCNC4=O)sc23)c1O[C@@H]1CCC[C@@H]1F. The average molecular weight is 488 g/mol. The summed E-state index contributed by atoms with van der Waals surface area (Å²) in [6.07, 6.45) is 2.56. The second-order valence-corrected chi connectivity index (χ2v) is 10.0. The summed E-state index contributed by atoms with van der Waals surface area (Å²) >= 11 is 7.88. The molecule has 1 N–H and O–H groups in total. The molecule has 0 unspecified atom stereocenters. The molecule has 0 radical (unpaired) electrons. The first-order valence-electron chi connectivity index (χ1n) is 11.0. The van der Waals surface area contributed by atoms with Crippen LogP contribution in [0.25, 0.3) is 21.3 Å². The van der Waals surface area contributed by atoms with Gasteiger partial charge in [-0.25, -0.2) is 9.18 Å². The summed E-state index contributed by atoms with van der Waals surface area (Å²) in [5.41, 5.74) is 3.26. The first-order valence-corrected chi connectivity index (χ1v) is 12.2. The van der Waals surface area contributed by atoms with Gasteiger partial charge in [-0.3, -0.25) is 14.7 Å². The van der Waals surface area contributed by atoms with E-state index in [1.165, 1.54) is 16.2 Å². The minimum Gasteiger partial charge on any atom is -0.486 e. The zero-order valence-corrected chi connectivity index (χ0v) is 19.6. The quantitative estimate of drug-likeness (QED) is 0.505. The Hall–Kier alpha value is -2.71. The molecule has 3 heterocycles. The molecule has 9 heteroatoms. The fourth-order valence-corrected chi connectivity index (χ4v) is 5.87. The normalized spacial score (nSPS) is 21.0. The maximum Gasteiger partial charge on any atom is 0.324 e. The Bertz CT molecular complexity index is 1230. The minimum atomic E-state index is -0.980. The molecule has 2 aromatic heterocycles. The van der Waals surface area contributed by atoms with Crippen molar-refractivity contribution in [3.05, 3.63) is 45.9 Å². The van der Waals surface area contributed by atoms with Gasteiger partial charge in [-0.2, -0.15) is 0 Å². The van der Waals surface area contributed by atoms with Crippen LogP contribution in [0.3, 0.4) is 0 Å². The summed E-state index contributed by atoms with van der Waals surface area (Å²) in [6, 6.07) is 7.06. The van der Waals surface area contributed by atoms with Crippen molar-refractivity contribution in [1.29, 1.82) is 0 Å². The highest BCUT2D eigenvalue weighted by Crippen LogP contribution is 2.43. The second-order valence-electron chi connectivity index (χ2n) is 8.45. The number of rotatable bonds is 5. The van der Waals surface area contributed by atoms with E-state index >= 15 is 0 Å². The van der Waals surface area contributed by atoms with Crippen molar-refractivity contribution >= 4 is 45.1 Å². The molecule has 5 rings (SSSR count). The molecule has 33 heavy (non-hydrogen) atoms. The summed E-state index contributed by atoms with van der Waals surface area (Å²) in [6.45, 7) is 2.46. The number of imide groups is 1.